The third-order valence-electron chi connectivity index (χ3n) is 2.80. The van der Waals surface area contributed by atoms with Crippen LogP contribution in [0.1, 0.15) is 36.7 Å². The fourth-order valence-corrected chi connectivity index (χ4v) is 2.10. The van der Waals surface area contributed by atoms with Gasteiger partial charge in [-0.3, -0.25) is 9.59 Å². The molecule has 1 saturated heterocycles. The number of ketones is 1. The van der Waals surface area contributed by atoms with Crippen LogP contribution in [-0.4, -0.2) is 44.6 Å². The molecule has 6 nitrogen and oxygen atoms in total. The zero-order valence-corrected chi connectivity index (χ0v) is 9.14. The normalized spacial score (nSPS) is 20.1. The van der Waals surface area contributed by atoms with Crippen molar-refractivity contribution in [3.63, 3.8) is 0 Å². The molecule has 0 radical (unpaired) electrons. The fourth-order valence-electron chi connectivity index (χ4n) is 2.10. The summed E-state index contributed by atoms with van der Waals surface area (Å²) in [7, 11) is 0. The largest absolute Gasteiger partial charge is 0.334 e. The molecule has 1 atom stereocenters. The van der Waals surface area contributed by atoms with Crippen LogP contribution in [0, 0.1) is 0 Å². The van der Waals surface area contributed by atoms with Crippen LogP contribution in [0.3, 0.4) is 0 Å². The van der Waals surface area contributed by atoms with Crippen molar-refractivity contribution < 1.29 is 9.59 Å². The van der Waals surface area contributed by atoms with Gasteiger partial charge in [0.1, 0.15) is 5.78 Å². The molecule has 0 saturated carbocycles. The average Bonchev–Trinajstić information content (AvgIpc) is 2.84. The lowest BCUT2D eigenvalue weighted by atomic mass is 10.1. The number of carbonyl (C=O) groups is 2. The second-order valence-electron chi connectivity index (χ2n) is 4.06. The van der Waals surface area contributed by atoms with Gasteiger partial charge >= 0.3 is 0 Å². The molecule has 0 aliphatic carbocycles. The first-order valence-corrected chi connectivity index (χ1v) is 5.34. The molecule has 6 heteroatoms. The smallest absolute Gasteiger partial charge is 0.276 e. The number of hydrogen-bond donors (Lipinski definition) is 1. The Morgan fingerprint density at radius 3 is 3.06 bits per heavy atom. The Labute approximate surface area is 93.0 Å². The Balaban J connectivity index is 2.08. The molecule has 1 aromatic rings. The number of amides is 1. The number of likely N-dealkylation sites (tertiary alicyclic amines) is 1. The molecule has 0 spiro atoms. The zero-order valence-electron chi connectivity index (χ0n) is 9.14. The topological polar surface area (TPSA) is 79.0 Å². The number of nitrogens with zero attached hydrogens (tertiary/aromatic N) is 3. The van der Waals surface area contributed by atoms with Crippen LogP contribution in [0.2, 0.25) is 0 Å². The van der Waals surface area contributed by atoms with Crippen LogP contribution in [0.25, 0.3) is 0 Å². The number of hydrogen-bond acceptors (Lipinski definition) is 4. The lowest BCUT2D eigenvalue weighted by Gasteiger charge is -2.22. The van der Waals surface area contributed by atoms with Crippen molar-refractivity contribution in [3.05, 3.63) is 11.9 Å². The van der Waals surface area contributed by atoms with E-state index in [1.165, 1.54) is 6.20 Å². The number of carbonyl (C=O) groups excluding carboxylic acids is 2. The molecule has 1 amide bonds. The summed E-state index contributed by atoms with van der Waals surface area (Å²) in [5.41, 5.74) is 0.315. The van der Waals surface area contributed by atoms with Crippen molar-refractivity contribution in [3.8, 4) is 0 Å². The molecule has 1 fully saturated rings. The molecule has 1 aromatic heterocycles. The van der Waals surface area contributed by atoms with Gasteiger partial charge in [-0.1, -0.05) is 0 Å². The van der Waals surface area contributed by atoms with E-state index in [9.17, 15) is 9.59 Å². The van der Waals surface area contributed by atoms with Gasteiger partial charge in [-0.15, -0.1) is 0 Å². The van der Waals surface area contributed by atoms with Crippen molar-refractivity contribution in [1.29, 1.82) is 0 Å². The predicted molar refractivity (Wildman–Crippen MR) is 55.7 cm³/mol. The van der Waals surface area contributed by atoms with E-state index in [2.05, 4.69) is 15.4 Å². The Hall–Kier alpha value is -1.72. The van der Waals surface area contributed by atoms with Gasteiger partial charge in [-0.25, -0.2) is 0 Å². The number of Topliss-reactive ketones (excluding diaryl/α,β-unsaturated/α-hetero) is 1. The molecule has 1 N–H and O–H groups in total. The summed E-state index contributed by atoms with van der Waals surface area (Å²) in [5, 5.41) is 9.79. The van der Waals surface area contributed by atoms with Gasteiger partial charge < -0.3 is 4.90 Å². The highest BCUT2D eigenvalue weighted by Crippen LogP contribution is 2.21. The summed E-state index contributed by atoms with van der Waals surface area (Å²) in [6.45, 7) is 2.25. The van der Waals surface area contributed by atoms with Gasteiger partial charge in [-0.2, -0.15) is 15.4 Å². The predicted octanol–water partition coefficient (Wildman–Crippen LogP) is 0.388. The Morgan fingerprint density at radius 2 is 2.44 bits per heavy atom. The number of H-pyrrole nitrogens is 1. The van der Waals surface area contributed by atoms with Gasteiger partial charge in [0.05, 0.1) is 6.20 Å². The molecule has 0 bridgehead atoms. The molecule has 1 aliphatic rings. The van der Waals surface area contributed by atoms with Crippen LogP contribution >= 0.6 is 0 Å². The van der Waals surface area contributed by atoms with Crippen molar-refractivity contribution in [2.45, 2.75) is 32.2 Å². The maximum absolute atomic E-state index is 12.0. The summed E-state index contributed by atoms with van der Waals surface area (Å²) in [6, 6.07) is 0.0294. The van der Waals surface area contributed by atoms with Gasteiger partial charge in [0.25, 0.3) is 5.91 Å². The number of aromatic amines is 1. The van der Waals surface area contributed by atoms with Crippen molar-refractivity contribution in [2.24, 2.45) is 0 Å². The molecular weight excluding hydrogens is 208 g/mol. The second kappa shape index (κ2) is 4.42. The fraction of sp³-hybridized carbons (Fsp3) is 0.600. The lowest BCUT2D eigenvalue weighted by Crippen LogP contribution is -2.36. The Morgan fingerprint density at radius 1 is 1.62 bits per heavy atom. The van der Waals surface area contributed by atoms with Crippen molar-refractivity contribution >= 4 is 11.7 Å². The molecule has 16 heavy (non-hydrogen) atoms. The summed E-state index contributed by atoms with van der Waals surface area (Å²) in [4.78, 5) is 24.8. The van der Waals surface area contributed by atoms with Gasteiger partial charge in [0, 0.05) is 19.0 Å². The van der Waals surface area contributed by atoms with Crippen LogP contribution < -0.4 is 0 Å². The molecule has 0 aromatic carbocycles. The number of nitrogens with one attached hydrogen (secondary N) is 1. The quantitative estimate of drug-likeness (QED) is 0.802. The maximum Gasteiger partial charge on any atom is 0.276 e. The molecule has 2 rings (SSSR count). The summed E-state index contributed by atoms with van der Waals surface area (Å²) in [6.07, 6.45) is 3.68. The molecule has 1 aliphatic heterocycles. The highest BCUT2D eigenvalue weighted by molar-refractivity contribution is 5.92. The first kappa shape index (κ1) is 10.8. The monoisotopic (exact) mass is 222 g/mol. The maximum atomic E-state index is 12.0. The summed E-state index contributed by atoms with van der Waals surface area (Å²) >= 11 is 0. The molecule has 1 unspecified atom stereocenters. The molecular formula is C10H14N4O2. The minimum Gasteiger partial charge on any atom is -0.334 e. The molecule has 2 heterocycles. The van der Waals surface area contributed by atoms with E-state index in [1.54, 1.807) is 11.8 Å². The minimum absolute atomic E-state index is 0.0294. The standard InChI is InChI=1S/C10H14N4O2/c1-7(15)5-8-3-2-4-14(8)10(16)9-6-11-13-12-9/h6,8H,2-5H2,1H3,(H,11,12,13). The van der Waals surface area contributed by atoms with Gasteiger partial charge in [0.15, 0.2) is 5.69 Å². The second-order valence-corrected chi connectivity index (χ2v) is 4.06. The number of rotatable bonds is 3. The highest BCUT2D eigenvalue weighted by Gasteiger charge is 2.31. The van der Waals surface area contributed by atoms with E-state index >= 15 is 0 Å². The average molecular weight is 222 g/mol. The summed E-state index contributed by atoms with van der Waals surface area (Å²) in [5.74, 6) is -0.0256. The Bertz CT molecular complexity index is 388. The van der Waals surface area contributed by atoms with Crippen molar-refractivity contribution in [2.75, 3.05) is 6.54 Å². The van der Waals surface area contributed by atoms with E-state index in [0.717, 1.165) is 12.8 Å². The number of aromatic nitrogens is 3. The van der Waals surface area contributed by atoms with Crippen LogP contribution in [0.4, 0.5) is 0 Å². The summed E-state index contributed by atoms with van der Waals surface area (Å²) < 4.78 is 0. The first-order valence-electron chi connectivity index (χ1n) is 5.34. The van der Waals surface area contributed by atoms with E-state index < -0.39 is 0 Å². The van der Waals surface area contributed by atoms with Crippen LogP contribution in [0.5, 0.6) is 0 Å². The molecule has 86 valence electrons. The first-order chi connectivity index (χ1) is 7.68. The highest BCUT2D eigenvalue weighted by atomic mass is 16.2. The van der Waals surface area contributed by atoms with Crippen LogP contribution in [-0.2, 0) is 4.79 Å². The van der Waals surface area contributed by atoms with Crippen molar-refractivity contribution in [1.82, 2.24) is 20.3 Å². The SMILES string of the molecule is CC(=O)CC1CCCN1C(=O)c1cn[nH]n1. The van der Waals surface area contributed by atoms with E-state index in [1.807, 2.05) is 0 Å². The minimum atomic E-state index is -0.141. The van der Waals surface area contributed by atoms with E-state index in [-0.39, 0.29) is 17.7 Å². The van der Waals surface area contributed by atoms with E-state index in [0.29, 0.717) is 18.7 Å². The van der Waals surface area contributed by atoms with Gasteiger partial charge in [0.2, 0.25) is 0 Å². The third kappa shape index (κ3) is 2.10. The van der Waals surface area contributed by atoms with Crippen LogP contribution in [0.15, 0.2) is 6.20 Å². The third-order valence-corrected chi connectivity index (χ3v) is 2.80. The Kier molecular flexibility index (Phi) is 2.98. The van der Waals surface area contributed by atoms with E-state index in [4.69, 9.17) is 0 Å². The zero-order chi connectivity index (χ0) is 11.5. The lowest BCUT2D eigenvalue weighted by molar-refractivity contribution is -0.117. The van der Waals surface area contributed by atoms with Gasteiger partial charge in [-0.05, 0) is 19.8 Å².